The summed E-state index contributed by atoms with van der Waals surface area (Å²) >= 11 is 0. The lowest BCUT2D eigenvalue weighted by Crippen LogP contribution is -1.95. The molecule has 264 valence electrons. The Morgan fingerprint density at radius 3 is 0.878 bits per heavy atom. The predicted octanol–water partition coefficient (Wildman–Crippen LogP) is 13.1. The molecule has 0 saturated heterocycles. The average Bonchev–Trinajstić information content (AvgIpc) is 3.09. The van der Waals surface area contributed by atoms with Gasteiger partial charge in [0.1, 0.15) is 0 Å². The Balaban J connectivity index is 0.895. The smallest absolute Gasteiger partial charge is 0.0314 e. The molecule has 49 heavy (non-hydrogen) atoms. The third kappa shape index (κ3) is 15.3. The first-order valence-corrected chi connectivity index (χ1v) is 19.8. The van der Waals surface area contributed by atoms with Crippen LogP contribution in [0.25, 0.3) is 0 Å². The van der Waals surface area contributed by atoms with Crippen LogP contribution in [0.4, 0.5) is 11.4 Å². The van der Waals surface area contributed by atoms with Crippen molar-refractivity contribution in [2.24, 2.45) is 0 Å². The van der Waals surface area contributed by atoms with E-state index >= 15 is 0 Å². The minimum absolute atomic E-state index is 0.834. The van der Waals surface area contributed by atoms with Crippen molar-refractivity contribution in [2.45, 2.75) is 149 Å². The van der Waals surface area contributed by atoms with Crippen LogP contribution in [0.3, 0.4) is 0 Å². The molecule has 4 N–H and O–H groups in total. The number of nitrogens with two attached hydrogens (primary N) is 2. The lowest BCUT2D eigenvalue weighted by molar-refractivity contribution is 0.525. The molecule has 0 atom stereocenters. The highest BCUT2D eigenvalue weighted by Gasteiger charge is 2.04. The Labute approximate surface area is 300 Å². The van der Waals surface area contributed by atoms with Gasteiger partial charge < -0.3 is 11.5 Å². The van der Waals surface area contributed by atoms with E-state index in [1.165, 1.54) is 167 Å². The van der Waals surface area contributed by atoms with Crippen LogP contribution in [0.2, 0.25) is 0 Å². The third-order valence-corrected chi connectivity index (χ3v) is 10.5. The summed E-state index contributed by atoms with van der Waals surface area (Å²) in [6.45, 7) is 4.55. The molecular weight excluding hydrogens is 593 g/mol. The average molecular weight is 659 g/mol. The predicted molar refractivity (Wildman–Crippen MR) is 216 cm³/mol. The molecule has 0 heterocycles. The first-order valence-electron chi connectivity index (χ1n) is 19.8. The molecule has 0 fully saturated rings. The van der Waals surface area contributed by atoms with Crippen molar-refractivity contribution in [3.8, 4) is 0 Å². The van der Waals surface area contributed by atoms with Crippen LogP contribution in [-0.4, -0.2) is 0 Å². The molecule has 0 saturated carbocycles. The zero-order valence-electron chi connectivity index (χ0n) is 31.1. The van der Waals surface area contributed by atoms with Crippen LogP contribution in [0.1, 0.15) is 154 Å². The second kappa shape index (κ2) is 22.2. The van der Waals surface area contributed by atoms with Crippen molar-refractivity contribution in [1.29, 1.82) is 0 Å². The molecule has 4 rings (SSSR count). The van der Waals surface area contributed by atoms with Crippen molar-refractivity contribution in [2.75, 3.05) is 11.5 Å². The molecule has 0 amide bonds. The largest absolute Gasteiger partial charge is 0.399 e. The molecular formula is C47H66N2. The fourth-order valence-electron chi connectivity index (χ4n) is 7.32. The van der Waals surface area contributed by atoms with Crippen LogP contribution in [-0.2, 0) is 25.7 Å². The van der Waals surface area contributed by atoms with Crippen molar-refractivity contribution in [3.05, 3.63) is 129 Å². The zero-order valence-corrected chi connectivity index (χ0v) is 31.1. The molecule has 2 heteroatoms. The number of unbranched alkanes of at least 4 members (excludes halogenated alkanes) is 16. The van der Waals surface area contributed by atoms with Gasteiger partial charge in [-0.25, -0.2) is 0 Å². The van der Waals surface area contributed by atoms with Gasteiger partial charge in [-0.1, -0.05) is 157 Å². The summed E-state index contributed by atoms with van der Waals surface area (Å²) in [6.07, 6.45) is 28.3. The Morgan fingerprint density at radius 1 is 0.327 bits per heavy atom. The Bertz CT molecular complexity index is 1350. The monoisotopic (exact) mass is 659 g/mol. The molecule has 0 aliphatic carbocycles. The van der Waals surface area contributed by atoms with E-state index in [2.05, 4.69) is 74.5 Å². The van der Waals surface area contributed by atoms with Crippen molar-refractivity contribution < 1.29 is 0 Å². The molecule has 2 nitrogen and oxygen atoms in total. The van der Waals surface area contributed by atoms with Crippen LogP contribution in [0.15, 0.2) is 84.9 Å². The van der Waals surface area contributed by atoms with E-state index in [-0.39, 0.29) is 0 Å². The molecule has 0 radical (unpaired) electrons. The normalized spacial score (nSPS) is 11.3. The quantitative estimate of drug-likeness (QED) is 0.0581. The van der Waals surface area contributed by atoms with Gasteiger partial charge in [0.15, 0.2) is 0 Å². The number of hydrogen-bond acceptors (Lipinski definition) is 2. The zero-order chi connectivity index (χ0) is 34.5. The standard InChI is InChI=1S/C47H66N2/c1-38-34-42(36-40-24-30-46(48)31-25-40)22-28-44(38)20-18-16-14-12-10-8-6-4-3-5-7-9-11-13-15-17-19-21-45-29-23-43(35-39(45)2)37-41-26-32-47(49)33-27-41/h22-35H,3-21,36-37,48-49H2,1-2H3. The number of hydrogen-bond donors (Lipinski definition) is 2. The maximum absolute atomic E-state index is 5.83. The third-order valence-electron chi connectivity index (χ3n) is 10.5. The number of rotatable bonds is 24. The van der Waals surface area contributed by atoms with E-state index in [0.717, 1.165) is 24.2 Å². The van der Waals surface area contributed by atoms with E-state index in [1.807, 2.05) is 24.3 Å². The summed E-state index contributed by atoms with van der Waals surface area (Å²) in [7, 11) is 0. The molecule has 4 aromatic carbocycles. The number of aryl methyl sites for hydroxylation is 4. The van der Waals surface area contributed by atoms with Gasteiger partial charge in [-0.05, 0) is 121 Å². The van der Waals surface area contributed by atoms with Crippen molar-refractivity contribution >= 4 is 11.4 Å². The van der Waals surface area contributed by atoms with E-state index in [1.54, 1.807) is 0 Å². The van der Waals surface area contributed by atoms with Gasteiger partial charge in [0.2, 0.25) is 0 Å². The van der Waals surface area contributed by atoms with Gasteiger partial charge in [0.05, 0.1) is 0 Å². The number of anilines is 2. The van der Waals surface area contributed by atoms with E-state index in [0.29, 0.717) is 0 Å². The first-order chi connectivity index (χ1) is 24.0. The topological polar surface area (TPSA) is 52.0 Å². The highest BCUT2D eigenvalue weighted by molar-refractivity contribution is 5.42. The lowest BCUT2D eigenvalue weighted by Gasteiger charge is -2.09. The van der Waals surface area contributed by atoms with Gasteiger partial charge in [-0.3, -0.25) is 0 Å². The second-order valence-electron chi connectivity index (χ2n) is 14.9. The summed E-state index contributed by atoms with van der Waals surface area (Å²) in [6, 6.07) is 30.6. The lowest BCUT2D eigenvalue weighted by atomic mass is 9.96. The maximum atomic E-state index is 5.83. The SMILES string of the molecule is Cc1cc(Cc2ccc(N)cc2)ccc1CCCCCCCCCCCCCCCCCCCc1ccc(Cc2ccc(N)cc2)cc1C. The van der Waals surface area contributed by atoms with Gasteiger partial charge in [0.25, 0.3) is 0 Å². The maximum Gasteiger partial charge on any atom is 0.0314 e. The van der Waals surface area contributed by atoms with Crippen LogP contribution in [0.5, 0.6) is 0 Å². The van der Waals surface area contributed by atoms with Gasteiger partial charge in [-0.2, -0.15) is 0 Å². The summed E-state index contributed by atoms with van der Waals surface area (Å²) in [5.41, 5.74) is 24.7. The van der Waals surface area contributed by atoms with Gasteiger partial charge in [0, 0.05) is 11.4 Å². The second-order valence-corrected chi connectivity index (χ2v) is 14.9. The van der Waals surface area contributed by atoms with Gasteiger partial charge in [-0.15, -0.1) is 0 Å². The van der Waals surface area contributed by atoms with E-state index < -0.39 is 0 Å². The summed E-state index contributed by atoms with van der Waals surface area (Å²) in [5.74, 6) is 0. The highest BCUT2D eigenvalue weighted by atomic mass is 14.5. The molecule has 0 bridgehead atoms. The minimum atomic E-state index is 0.834. The van der Waals surface area contributed by atoms with E-state index in [9.17, 15) is 0 Å². The highest BCUT2D eigenvalue weighted by Crippen LogP contribution is 2.21. The fraction of sp³-hybridized carbons (Fsp3) is 0.489. The molecule has 0 aliphatic rings. The number of nitrogen functional groups attached to an aromatic ring is 2. The minimum Gasteiger partial charge on any atom is -0.399 e. The first kappa shape index (κ1) is 38.3. The molecule has 0 spiro atoms. The fourth-order valence-corrected chi connectivity index (χ4v) is 7.32. The number of benzene rings is 4. The Morgan fingerprint density at radius 2 is 0.592 bits per heavy atom. The van der Waals surface area contributed by atoms with Crippen LogP contribution < -0.4 is 11.5 Å². The van der Waals surface area contributed by atoms with Crippen molar-refractivity contribution in [1.82, 2.24) is 0 Å². The van der Waals surface area contributed by atoms with Crippen LogP contribution in [0, 0.1) is 13.8 Å². The summed E-state index contributed by atoms with van der Waals surface area (Å²) < 4.78 is 0. The molecule has 4 aromatic rings. The Kier molecular flexibility index (Phi) is 17.4. The Hall–Kier alpha value is -3.52. The van der Waals surface area contributed by atoms with Gasteiger partial charge >= 0.3 is 0 Å². The summed E-state index contributed by atoms with van der Waals surface area (Å²) in [5, 5.41) is 0. The molecule has 0 unspecified atom stereocenters. The van der Waals surface area contributed by atoms with Crippen LogP contribution >= 0.6 is 0 Å². The summed E-state index contributed by atoms with van der Waals surface area (Å²) in [4.78, 5) is 0. The molecule has 0 aromatic heterocycles. The van der Waals surface area contributed by atoms with E-state index in [4.69, 9.17) is 11.5 Å². The van der Waals surface area contributed by atoms with Crippen molar-refractivity contribution in [3.63, 3.8) is 0 Å². The molecule has 0 aliphatic heterocycles.